The second-order valence-corrected chi connectivity index (χ2v) is 9.63. The maximum absolute atomic E-state index is 4.01. The highest BCUT2D eigenvalue weighted by molar-refractivity contribution is 4.94. The summed E-state index contributed by atoms with van der Waals surface area (Å²) in [5.41, 5.74) is 1.06. The molecule has 0 bridgehead atoms. The molecule has 0 radical (unpaired) electrons. The molecule has 1 heteroatoms. The van der Waals surface area contributed by atoms with Crippen LogP contribution in [0.5, 0.6) is 0 Å². The van der Waals surface area contributed by atoms with Crippen molar-refractivity contribution < 1.29 is 0 Å². The number of rotatable bonds is 3. The van der Waals surface area contributed by atoms with Gasteiger partial charge in [-0.05, 0) is 49.9 Å². The predicted octanol–water partition coefficient (Wildman–Crippen LogP) is 5.40. The van der Waals surface area contributed by atoms with Gasteiger partial charge in [0.25, 0.3) is 0 Å². The first-order chi connectivity index (χ1) is 8.41. The van der Waals surface area contributed by atoms with Crippen LogP contribution in [0.4, 0.5) is 0 Å². The Morgan fingerprint density at radius 1 is 0.842 bits per heavy atom. The van der Waals surface area contributed by atoms with Gasteiger partial charge in [-0.1, -0.05) is 54.4 Å². The van der Waals surface area contributed by atoms with Crippen molar-refractivity contribution in [1.29, 1.82) is 0 Å². The molecule has 2 atom stereocenters. The number of hydrogen-bond donors (Lipinski definition) is 1. The van der Waals surface area contributed by atoms with Gasteiger partial charge >= 0.3 is 0 Å². The van der Waals surface area contributed by atoms with Gasteiger partial charge in [0, 0.05) is 11.6 Å². The fourth-order valence-electron chi connectivity index (χ4n) is 4.22. The molecule has 1 N–H and O–H groups in total. The van der Waals surface area contributed by atoms with Gasteiger partial charge in [-0.3, -0.25) is 0 Å². The summed E-state index contributed by atoms with van der Waals surface area (Å²) in [6, 6.07) is 0.700. The quantitative estimate of drug-likeness (QED) is 0.722. The highest BCUT2D eigenvalue weighted by Crippen LogP contribution is 2.39. The first-order valence-corrected chi connectivity index (χ1v) is 8.18. The van der Waals surface area contributed by atoms with E-state index in [0.29, 0.717) is 16.9 Å². The Morgan fingerprint density at radius 2 is 1.37 bits per heavy atom. The van der Waals surface area contributed by atoms with Crippen molar-refractivity contribution in [3.63, 3.8) is 0 Å². The molecule has 1 aliphatic carbocycles. The lowest BCUT2D eigenvalue weighted by Crippen LogP contribution is -2.53. The van der Waals surface area contributed by atoms with Gasteiger partial charge in [0.15, 0.2) is 0 Å². The summed E-state index contributed by atoms with van der Waals surface area (Å²) in [4.78, 5) is 0. The Morgan fingerprint density at radius 3 is 1.84 bits per heavy atom. The van der Waals surface area contributed by atoms with Crippen LogP contribution in [0.2, 0.25) is 0 Å². The van der Waals surface area contributed by atoms with Crippen LogP contribution in [0.3, 0.4) is 0 Å². The molecule has 0 amide bonds. The largest absolute Gasteiger partial charge is 0.309 e. The van der Waals surface area contributed by atoms with E-state index in [9.17, 15) is 0 Å². The molecule has 1 nitrogen and oxygen atoms in total. The third kappa shape index (κ3) is 5.85. The average molecular weight is 268 g/mol. The van der Waals surface area contributed by atoms with E-state index in [2.05, 4.69) is 60.7 Å². The van der Waals surface area contributed by atoms with E-state index in [-0.39, 0.29) is 5.54 Å². The second kappa shape index (κ2) is 5.76. The molecule has 2 unspecified atom stereocenters. The Labute approximate surface area is 121 Å². The number of nitrogens with one attached hydrogen (secondary N) is 1. The lowest BCUT2D eigenvalue weighted by Gasteiger charge is -2.45. The molecule has 0 heterocycles. The summed E-state index contributed by atoms with van der Waals surface area (Å²) >= 11 is 0. The molecule has 0 saturated heterocycles. The monoisotopic (exact) mass is 267 g/mol. The molecular weight excluding hydrogens is 230 g/mol. The minimum atomic E-state index is 0.240. The molecule has 0 aliphatic heterocycles. The van der Waals surface area contributed by atoms with Gasteiger partial charge in [-0.15, -0.1) is 0 Å². The van der Waals surface area contributed by atoms with E-state index in [4.69, 9.17) is 0 Å². The summed E-state index contributed by atoms with van der Waals surface area (Å²) in [5, 5.41) is 4.01. The highest BCUT2D eigenvalue weighted by Gasteiger charge is 2.37. The van der Waals surface area contributed by atoms with Crippen LogP contribution in [-0.2, 0) is 0 Å². The normalized spacial score (nSPS) is 26.5. The van der Waals surface area contributed by atoms with Crippen LogP contribution in [0.1, 0.15) is 87.5 Å². The maximum Gasteiger partial charge on any atom is 0.0132 e. The molecule has 114 valence electrons. The van der Waals surface area contributed by atoms with Crippen molar-refractivity contribution in [2.75, 3.05) is 0 Å². The van der Waals surface area contributed by atoms with Crippen LogP contribution in [0.25, 0.3) is 0 Å². The molecule has 1 aliphatic rings. The van der Waals surface area contributed by atoms with Gasteiger partial charge in [0.05, 0.1) is 0 Å². The summed E-state index contributed by atoms with van der Waals surface area (Å²) < 4.78 is 0. The van der Waals surface area contributed by atoms with E-state index in [1.165, 1.54) is 32.1 Å². The van der Waals surface area contributed by atoms with Gasteiger partial charge in [0.2, 0.25) is 0 Å². The molecule has 0 aromatic rings. The van der Waals surface area contributed by atoms with Gasteiger partial charge in [-0.2, -0.15) is 0 Å². The maximum atomic E-state index is 4.01. The molecular formula is C18H37N. The third-order valence-electron chi connectivity index (χ3n) is 4.43. The van der Waals surface area contributed by atoms with Crippen molar-refractivity contribution in [2.45, 2.75) is 99.1 Å². The van der Waals surface area contributed by atoms with Crippen LogP contribution in [-0.4, -0.2) is 11.6 Å². The average Bonchev–Trinajstić information content (AvgIpc) is 2.11. The molecule has 0 aromatic heterocycles. The smallest absolute Gasteiger partial charge is 0.0132 e. The van der Waals surface area contributed by atoms with E-state index in [0.717, 1.165) is 5.92 Å². The second-order valence-electron chi connectivity index (χ2n) is 9.63. The Kier molecular flexibility index (Phi) is 5.15. The molecule has 1 fully saturated rings. The van der Waals surface area contributed by atoms with Crippen molar-refractivity contribution in [3.8, 4) is 0 Å². The third-order valence-corrected chi connectivity index (χ3v) is 4.43. The summed E-state index contributed by atoms with van der Waals surface area (Å²) in [5.74, 6) is 0.820. The summed E-state index contributed by atoms with van der Waals surface area (Å²) in [6.07, 6.45) is 6.80. The van der Waals surface area contributed by atoms with E-state index in [1.807, 2.05) is 0 Å². The van der Waals surface area contributed by atoms with E-state index in [1.54, 1.807) is 0 Å². The Bertz CT molecular complexity index is 277. The lowest BCUT2D eigenvalue weighted by molar-refractivity contribution is 0.0987. The summed E-state index contributed by atoms with van der Waals surface area (Å²) in [7, 11) is 0. The zero-order valence-corrected chi connectivity index (χ0v) is 14.7. The molecule has 0 spiro atoms. The Hall–Kier alpha value is -0.0400. The standard InChI is InChI=1S/C18H37N/c1-16(2,3)13-18(7,8)19-15-12-10-9-11-14(15)17(4,5)6/h14-15,19H,9-13H2,1-8H3. The minimum Gasteiger partial charge on any atom is -0.309 e. The number of hydrogen-bond acceptors (Lipinski definition) is 1. The van der Waals surface area contributed by atoms with Crippen molar-refractivity contribution in [2.24, 2.45) is 16.7 Å². The Balaban J connectivity index is 2.72. The summed E-state index contributed by atoms with van der Waals surface area (Å²) in [6.45, 7) is 19.0. The first-order valence-electron chi connectivity index (χ1n) is 8.18. The lowest BCUT2D eigenvalue weighted by atomic mass is 9.68. The topological polar surface area (TPSA) is 12.0 Å². The zero-order chi connectivity index (χ0) is 14.9. The fraction of sp³-hybridized carbons (Fsp3) is 1.00. The van der Waals surface area contributed by atoms with Crippen LogP contribution >= 0.6 is 0 Å². The molecule has 19 heavy (non-hydrogen) atoms. The zero-order valence-electron chi connectivity index (χ0n) is 14.7. The van der Waals surface area contributed by atoms with Crippen LogP contribution in [0, 0.1) is 16.7 Å². The van der Waals surface area contributed by atoms with Crippen LogP contribution < -0.4 is 5.32 Å². The van der Waals surface area contributed by atoms with Crippen LogP contribution in [0.15, 0.2) is 0 Å². The van der Waals surface area contributed by atoms with Gasteiger partial charge in [-0.25, -0.2) is 0 Å². The van der Waals surface area contributed by atoms with Crippen molar-refractivity contribution >= 4 is 0 Å². The fourth-order valence-corrected chi connectivity index (χ4v) is 4.22. The van der Waals surface area contributed by atoms with Crippen molar-refractivity contribution in [3.05, 3.63) is 0 Å². The minimum absolute atomic E-state index is 0.240. The van der Waals surface area contributed by atoms with Gasteiger partial charge in [0.1, 0.15) is 0 Å². The SMILES string of the molecule is CC(C)(C)CC(C)(C)NC1CCCCC1C(C)(C)C. The van der Waals surface area contributed by atoms with Crippen molar-refractivity contribution in [1.82, 2.24) is 5.32 Å². The molecule has 1 rings (SSSR count). The van der Waals surface area contributed by atoms with Gasteiger partial charge < -0.3 is 5.32 Å². The van der Waals surface area contributed by atoms with E-state index < -0.39 is 0 Å². The predicted molar refractivity (Wildman–Crippen MR) is 86.5 cm³/mol. The molecule has 1 saturated carbocycles. The highest BCUT2D eigenvalue weighted by atomic mass is 15.0. The first kappa shape index (κ1) is 17.0. The molecule has 0 aromatic carbocycles. The van der Waals surface area contributed by atoms with E-state index >= 15 is 0 Å².